The Morgan fingerprint density at radius 3 is 1.56 bits per heavy atom. The van der Waals surface area contributed by atoms with E-state index in [0.717, 1.165) is 31.3 Å². The summed E-state index contributed by atoms with van der Waals surface area (Å²) in [6.07, 6.45) is -0.0995. The molecule has 0 amide bonds. The zero-order chi connectivity index (χ0) is 19.0. The van der Waals surface area contributed by atoms with Crippen LogP contribution < -0.4 is 0 Å². The van der Waals surface area contributed by atoms with Gasteiger partial charge < -0.3 is 10.2 Å². The van der Waals surface area contributed by atoms with Crippen molar-refractivity contribution in [3.05, 3.63) is 70.4 Å². The molecular formula is C21H16O4S2. The number of carbonyl (C=O) groups is 2. The van der Waals surface area contributed by atoms with E-state index in [-0.39, 0.29) is 12.8 Å². The van der Waals surface area contributed by atoms with Gasteiger partial charge >= 0.3 is 11.9 Å². The Hall–Kier alpha value is -2.70. The van der Waals surface area contributed by atoms with Crippen LogP contribution in [0.2, 0.25) is 0 Å². The van der Waals surface area contributed by atoms with Gasteiger partial charge in [0.05, 0.1) is 0 Å². The van der Waals surface area contributed by atoms with E-state index in [4.69, 9.17) is 0 Å². The summed E-state index contributed by atoms with van der Waals surface area (Å²) in [4.78, 5) is 24.4. The van der Waals surface area contributed by atoms with E-state index in [0.29, 0.717) is 0 Å². The Morgan fingerprint density at radius 1 is 0.741 bits per heavy atom. The molecule has 0 unspecified atom stereocenters. The van der Waals surface area contributed by atoms with Crippen molar-refractivity contribution in [3.63, 3.8) is 0 Å². The van der Waals surface area contributed by atoms with Gasteiger partial charge in [0, 0.05) is 22.2 Å². The molecule has 2 N–H and O–H groups in total. The van der Waals surface area contributed by atoms with E-state index in [2.05, 4.69) is 0 Å². The van der Waals surface area contributed by atoms with Crippen LogP contribution in [0.5, 0.6) is 0 Å². The van der Waals surface area contributed by atoms with Gasteiger partial charge in [0.15, 0.2) is 5.41 Å². The quantitative estimate of drug-likeness (QED) is 0.447. The van der Waals surface area contributed by atoms with Crippen molar-refractivity contribution in [3.8, 4) is 0 Å². The maximum atomic E-state index is 12.2. The first-order chi connectivity index (χ1) is 13.0. The van der Waals surface area contributed by atoms with Crippen LogP contribution in [0.1, 0.15) is 11.1 Å². The van der Waals surface area contributed by atoms with Gasteiger partial charge in [-0.15, -0.1) is 22.7 Å². The van der Waals surface area contributed by atoms with Crippen molar-refractivity contribution in [1.82, 2.24) is 0 Å². The van der Waals surface area contributed by atoms with Crippen LogP contribution in [0.3, 0.4) is 0 Å². The average Bonchev–Trinajstić information content (AvgIpc) is 3.25. The third-order valence-electron chi connectivity index (χ3n) is 4.93. The summed E-state index contributed by atoms with van der Waals surface area (Å²) < 4.78 is 2.05. The third kappa shape index (κ3) is 3.01. The lowest BCUT2D eigenvalue weighted by atomic mass is 9.76. The lowest BCUT2D eigenvalue weighted by Crippen LogP contribution is -2.43. The van der Waals surface area contributed by atoms with Crippen molar-refractivity contribution in [2.45, 2.75) is 12.8 Å². The summed E-state index contributed by atoms with van der Waals surface area (Å²) in [5, 5.41) is 25.5. The topological polar surface area (TPSA) is 74.6 Å². The number of aliphatic carboxylic acids is 2. The number of carboxylic acid groups (broad SMARTS) is 2. The highest BCUT2D eigenvalue weighted by Crippen LogP contribution is 2.37. The number of fused-ring (bicyclic) bond motifs is 2. The molecule has 4 aromatic rings. The molecule has 4 rings (SSSR count). The number of carboxylic acids is 2. The normalized spacial score (nSPS) is 11.9. The molecule has 2 aromatic carbocycles. The van der Waals surface area contributed by atoms with Crippen molar-refractivity contribution < 1.29 is 19.8 Å². The fourth-order valence-corrected chi connectivity index (χ4v) is 5.37. The van der Waals surface area contributed by atoms with Crippen molar-refractivity contribution >= 4 is 54.8 Å². The van der Waals surface area contributed by atoms with E-state index in [9.17, 15) is 19.8 Å². The van der Waals surface area contributed by atoms with Crippen molar-refractivity contribution in [2.24, 2.45) is 5.41 Å². The van der Waals surface area contributed by atoms with Crippen LogP contribution in [-0.4, -0.2) is 22.2 Å². The van der Waals surface area contributed by atoms with E-state index in [1.807, 2.05) is 59.3 Å². The molecule has 0 radical (unpaired) electrons. The zero-order valence-corrected chi connectivity index (χ0v) is 15.8. The van der Waals surface area contributed by atoms with Crippen LogP contribution in [0, 0.1) is 5.41 Å². The molecule has 2 aromatic heterocycles. The van der Waals surface area contributed by atoms with Gasteiger partial charge in [0.2, 0.25) is 0 Å². The van der Waals surface area contributed by atoms with Gasteiger partial charge in [-0.2, -0.15) is 0 Å². The molecule has 0 saturated heterocycles. The highest BCUT2D eigenvalue weighted by molar-refractivity contribution is 7.17. The van der Waals surface area contributed by atoms with Gasteiger partial charge in [0.25, 0.3) is 0 Å². The Labute approximate surface area is 163 Å². The molecule has 0 spiro atoms. The molecule has 0 aliphatic rings. The van der Waals surface area contributed by atoms with Gasteiger partial charge in [-0.25, -0.2) is 0 Å². The largest absolute Gasteiger partial charge is 0.480 e. The Kier molecular flexibility index (Phi) is 4.45. The smallest absolute Gasteiger partial charge is 0.321 e. The van der Waals surface area contributed by atoms with Gasteiger partial charge in [-0.05, 0) is 44.8 Å². The summed E-state index contributed by atoms with van der Waals surface area (Å²) >= 11 is 3.01. The summed E-state index contributed by atoms with van der Waals surface area (Å²) in [5.41, 5.74) is -0.381. The molecule has 0 saturated carbocycles. The van der Waals surface area contributed by atoms with Crippen LogP contribution in [0.25, 0.3) is 20.2 Å². The molecule has 0 aliphatic carbocycles. The Balaban J connectivity index is 1.80. The predicted molar refractivity (Wildman–Crippen MR) is 109 cm³/mol. The predicted octanol–water partition coefficient (Wildman–Crippen LogP) is 5.06. The second-order valence-corrected chi connectivity index (χ2v) is 8.38. The van der Waals surface area contributed by atoms with Crippen LogP contribution in [0.4, 0.5) is 0 Å². The number of thiophene rings is 2. The first kappa shape index (κ1) is 17.7. The molecule has 0 atom stereocenters. The summed E-state index contributed by atoms with van der Waals surface area (Å²) in [5.74, 6) is -2.61. The first-order valence-corrected chi connectivity index (χ1v) is 10.1. The number of hydrogen-bond acceptors (Lipinski definition) is 4. The van der Waals surface area contributed by atoms with Crippen molar-refractivity contribution in [2.75, 3.05) is 0 Å². The average molecular weight is 396 g/mol. The summed E-state index contributed by atoms with van der Waals surface area (Å²) in [6.45, 7) is 0. The third-order valence-corrected chi connectivity index (χ3v) is 6.95. The van der Waals surface area contributed by atoms with Gasteiger partial charge in [0.1, 0.15) is 0 Å². The fraction of sp³-hybridized carbons (Fsp3) is 0.143. The standard InChI is InChI=1S/C21H16O4S2/c22-19(23)21(20(24)25,9-13-11-26-17-7-3-1-5-15(13)17)10-14-12-27-18-8-4-2-6-16(14)18/h1-8,11-12H,9-10H2,(H,22,23)(H,24,25). The molecule has 4 nitrogen and oxygen atoms in total. The molecule has 0 fully saturated rings. The number of benzene rings is 2. The van der Waals surface area contributed by atoms with Gasteiger partial charge in [-0.1, -0.05) is 36.4 Å². The van der Waals surface area contributed by atoms with E-state index in [1.54, 1.807) is 0 Å². The second kappa shape index (κ2) is 6.79. The summed E-state index contributed by atoms with van der Waals surface area (Å²) in [7, 11) is 0. The maximum Gasteiger partial charge on any atom is 0.321 e. The molecule has 6 heteroatoms. The minimum Gasteiger partial charge on any atom is -0.480 e. The van der Waals surface area contributed by atoms with Crippen LogP contribution >= 0.6 is 22.7 Å². The molecule has 2 heterocycles. The molecular weight excluding hydrogens is 380 g/mol. The van der Waals surface area contributed by atoms with E-state index in [1.165, 1.54) is 22.7 Å². The lowest BCUT2D eigenvalue weighted by Gasteiger charge is -2.24. The van der Waals surface area contributed by atoms with Crippen LogP contribution in [0.15, 0.2) is 59.3 Å². The van der Waals surface area contributed by atoms with E-state index < -0.39 is 17.4 Å². The second-order valence-electron chi connectivity index (χ2n) is 6.56. The Bertz CT molecular complexity index is 1060. The highest BCUT2D eigenvalue weighted by Gasteiger charge is 2.47. The molecule has 27 heavy (non-hydrogen) atoms. The van der Waals surface area contributed by atoms with Crippen LogP contribution in [-0.2, 0) is 22.4 Å². The fourth-order valence-electron chi connectivity index (χ4n) is 3.45. The molecule has 0 bridgehead atoms. The lowest BCUT2D eigenvalue weighted by molar-refractivity contribution is -0.164. The summed E-state index contributed by atoms with van der Waals surface area (Å²) in [6, 6.07) is 15.3. The number of rotatable bonds is 6. The number of hydrogen-bond donors (Lipinski definition) is 2. The molecule has 136 valence electrons. The monoisotopic (exact) mass is 396 g/mol. The minimum absolute atomic E-state index is 0.0497. The first-order valence-electron chi connectivity index (χ1n) is 8.38. The molecule has 0 aliphatic heterocycles. The Morgan fingerprint density at radius 2 is 1.15 bits per heavy atom. The minimum atomic E-state index is -1.91. The zero-order valence-electron chi connectivity index (χ0n) is 14.2. The SMILES string of the molecule is O=C(O)C(Cc1csc2ccccc12)(Cc1csc2ccccc12)C(=O)O. The maximum absolute atomic E-state index is 12.2. The highest BCUT2D eigenvalue weighted by atomic mass is 32.1. The van der Waals surface area contributed by atoms with Crippen molar-refractivity contribution in [1.29, 1.82) is 0 Å². The van der Waals surface area contributed by atoms with Gasteiger partial charge in [-0.3, -0.25) is 9.59 Å². The van der Waals surface area contributed by atoms with E-state index >= 15 is 0 Å².